The van der Waals surface area contributed by atoms with Crippen LogP contribution in [0.3, 0.4) is 0 Å². The number of fused-ring (bicyclic) bond motifs is 1. The van der Waals surface area contributed by atoms with Crippen LogP contribution in [0.2, 0.25) is 0 Å². The first-order chi connectivity index (χ1) is 17.3. The molecule has 0 spiro atoms. The second-order valence-electron chi connectivity index (χ2n) is 10.7. The number of carbonyl (C=O) groups is 2. The summed E-state index contributed by atoms with van der Waals surface area (Å²) in [7, 11) is 0. The van der Waals surface area contributed by atoms with Crippen molar-refractivity contribution in [2.45, 2.75) is 77.0 Å². The highest BCUT2D eigenvalue weighted by Crippen LogP contribution is 2.34. The molecule has 0 heterocycles. The Hall–Kier alpha value is -2.52. The number of hydrogen-bond donors (Lipinski definition) is 2. The standard InChI is InChI=1S/C28H35BrF2N2O4/c1-17(34)32-25(12-18-10-22(30)14-23(31)11-18)26(35)16-33(27(36)37-28(2,3)4)15-20-7-5-6-19-8-9-21(29)13-24(19)20/h8-11,13-14,20,25-26,35H,5-7,12,15-16H2,1-4H3,(H,32,34). The highest BCUT2D eigenvalue weighted by molar-refractivity contribution is 9.10. The number of hydrogen-bond acceptors (Lipinski definition) is 4. The summed E-state index contributed by atoms with van der Waals surface area (Å²) in [6.45, 7) is 6.80. The van der Waals surface area contributed by atoms with Gasteiger partial charge < -0.3 is 20.1 Å². The number of amides is 2. The summed E-state index contributed by atoms with van der Waals surface area (Å²) >= 11 is 3.54. The number of carbonyl (C=O) groups excluding carboxylic acids is 2. The van der Waals surface area contributed by atoms with Gasteiger partial charge in [0.05, 0.1) is 18.7 Å². The van der Waals surface area contributed by atoms with Gasteiger partial charge in [-0.1, -0.05) is 22.0 Å². The van der Waals surface area contributed by atoms with Crippen LogP contribution in [-0.4, -0.2) is 52.8 Å². The minimum absolute atomic E-state index is 0.0171. The van der Waals surface area contributed by atoms with Crippen molar-refractivity contribution in [3.8, 4) is 0 Å². The van der Waals surface area contributed by atoms with Crippen LogP contribution in [0.1, 0.15) is 63.1 Å². The van der Waals surface area contributed by atoms with Gasteiger partial charge in [0.1, 0.15) is 17.2 Å². The Labute approximate surface area is 225 Å². The molecule has 0 aliphatic heterocycles. The normalized spacial score (nSPS) is 16.9. The van der Waals surface area contributed by atoms with E-state index in [0.717, 1.165) is 47.5 Å². The Morgan fingerprint density at radius 1 is 1.19 bits per heavy atom. The number of aryl methyl sites for hydroxylation is 1. The molecule has 1 aliphatic carbocycles. The van der Waals surface area contributed by atoms with Crippen molar-refractivity contribution in [2.24, 2.45) is 0 Å². The first kappa shape index (κ1) is 29.0. The zero-order valence-electron chi connectivity index (χ0n) is 21.7. The second kappa shape index (κ2) is 12.3. The van der Waals surface area contributed by atoms with Gasteiger partial charge in [-0.3, -0.25) is 4.79 Å². The van der Waals surface area contributed by atoms with Crippen LogP contribution in [0.25, 0.3) is 0 Å². The van der Waals surface area contributed by atoms with Crippen LogP contribution in [0, 0.1) is 11.6 Å². The van der Waals surface area contributed by atoms with Crippen LogP contribution >= 0.6 is 15.9 Å². The van der Waals surface area contributed by atoms with Crippen molar-refractivity contribution in [3.63, 3.8) is 0 Å². The van der Waals surface area contributed by atoms with E-state index >= 15 is 0 Å². The fraction of sp³-hybridized carbons (Fsp3) is 0.500. The van der Waals surface area contributed by atoms with E-state index in [-0.39, 0.29) is 24.4 Å². The Balaban J connectivity index is 1.85. The molecule has 9 heteroatoms. The van der Waals surface area contributed by atoms with Gasteiger partial charge in [-0.2, -0.15) is 0 Å². The minimum Gasteiger partial charge on any atom is -0.444 e. The Bertz CT molecular complexity index is 1100. The number of rotatable bonds is 8. The van der Waals surface area contributed by atoms with Gasteiger partial charge >= 0.3 is 6.09 Å². The van der Waals surface area contributed by atoms with Crippen molar-refractivity contribution in [3.05, 3.63) is 69.2 Å². The van der Waals surface area contributed by atoms with Crippen molar-refractivity contribution in [1.29, 1.82) is 0 Å². The zero-order valence-corrected chi connectivity index (χ0v) is 23.3. The van der Waals surface area contributed by atoms with Crippen molar-refractivity contribution >= 4 is 27.9 Å². The lowest BCUT2D eigenvalue weighted by molar-refractivity contribution is -0.120. The van der Waals surface area contributed by atoms with Crippen LogP contribution in [0.4, 0.5) is 13.6 Å². The smallest absolute Gasteiger partial charge is 0.410 e. The molecule has 2 amide bonds. The van der Waals surface area contributed by atoms with E-state index < -0.39 is 41.4 Å². The van der Waals surface area contributed by atoms with Gasteiger partial charge in [0, 0.05) is 29.9 Å². The summed E-state index contributed by atoms with van der Waals surface area (Å²) in [5.74, 6) is -1.86. The van der Waals surface area contributed by atoms with E-state index in [4.69, 9.17) is 4.74 Å². The second-order valence-corrected chi connectivity index (χ2v) is 11.6. The van der Waals surface area contributed by atoms with Crippen molar-refractivity contribution in [1.82, 2.24) is 10.2 Å². The van der Waals surface area contributed by atoms with Gasteiger partial charge in [-0.25, -0.2) is 13.6 Å². The largest absolute Gasteiger partial charge is 0.444 e. The molecule has 3 rings (SSSR count). The van der Waals surface area contributed by atoms with Gasteiger partial charge in [-0.05, 0) is 87.4 Å². The number of nitrogens with zero attached hydrogens (tertiary/aromatic N) is 1. The molecule has 0 bridgehead atoms. The molecule has 202 valence electrons. The van der Waals surface area contributed by atoms with E-state index in [1.165, 1.54) is 17.4 Å². The first-order valence-corrected chi connectivity index (χ1v) is 13.3. The predicted octanol–water partition coefficient (Wildman–Crippen LogP) is 5.49. The zero-order chi connectivity index (χ0) is 27.3. The number of aliphatic hydroxyl groups excluding tert-OH is 1. The highest BCUT2D eigenvalue weighted by Gasteiger charge is 2.32. The molecule has 1 aliphatic rings. The summed E-state index contributed by atoms with van der Waals surface area (Å²) in [4.78, 5) is 26.6. The molecule has 37 heavy (non-hydrogen) atoms. The van der Waals surface area contributed by atoms with Crippen LogP contribution in [-0.2, 0) is 22.4 Å². The molecule has 2 aromatic rings. The summed E-state index contributed by atoms with van der Waals surface area (Å²) in [5.41, 5.74) is 1.92. The fourth-order valence-electron chi connectivity index (χ4n) is 4.75. The van der Waals surface area contributed by atoms with Crippen LogP contribution < -0.4 is 5.32 Å². The maximum Gasteiger partial charge on any atom is 0.410 e. The van der Waals surface area contributed by atoms with Crippen molar-refractivity contribution < 1.29 is 28.2 Å². The average Bonchev–Trinajstić information content (AvgIpc) is 2.76. The topological polar surface area (TPSA) is 78.9 Å². The Morgan fingerprint density at radius 2 is 1.86 bits per heavy atom. The molecule has 3 unspecified atom stereocenters. The number of ether oxygens (including phenoxy) is 1. The Kier molecular flexibility index (Phi) is 9.69. The SMILES string of the molecule is CC(=O)NC(Cc1cc(F)cc(F)c1)C(O)CN(CC1CCCc2ccc(Br)cc21)C(=O)OC(C)(C)C. The molecule has 0 saturated carbocycles. The summed E-state index contributed by atoms with van der Waals surface area (Å²) in [6, 6.07) is 8.36. The van der Waals surface area contributed by atoms with E-state index in [2.05, 4.69) is 33.4 Å². The fourth-order valence-corrected chi connectivity index (χ4v) is 5.13. The maximum atomic E-state index is 13.8. The van der Waals surface area contributed by atoms with Gasteiger partial charge in [0.15, 0.2) is 0 Å². The number of halogens is 3. The van der Waals surface area contributed by atoms with Gasteiger partial charge in [0.2, 0.25) is 5.91 Å². The van der Waals surface area contributed by atoms with Crippen LogP contribution in [0.15, 0.2) is 40.9 Å². The highest BCUT2D eigenvalue weighted by atomic mass is 79.9. The third-order valence-corrected chi connectivity index (χ3v) is 6.77. The average molecular weight is 581 g/mol. The summed E-state index contributed by atoms with van der Waals surface area (Å²) in [6.07, 6.45) is 1.00. The monoisotopic (exact) mass is 580 g/mol. The van der Waals surface area contributed by atoms with E-state index in [0.29, 0.717) is 6.54 Å². The molecule has 0 saturated heterocycles. The van der Waals surface area contributed by atoms with Crippen molar-refractivity contribution in [2.75, 3.05) is 13.1 Å². The quantitative estimate of drug-likeness (QED) is 0.432. The molecular weight excluding hydrogens is 546 g/mol. The Morgan fingerprint density at radius 3 is 2.49 bits per heavy atom. The molecule has 6 nitrogen and oxygen atoms in total. The third kappa shape index (κ3) is 8.78. The third-order valence-electron chi connectivity index (χ3n) is 6.28. The predicted molar refractivity (Wildman–Crippen MR) is 141 cm³/mol. The first-order valence-electron chi connectivity index (χ1n) is 12.5. The number of nitrogens with one attached hydrogen (secondary N) is 1. The minimum atomic E-state index is -1.21. The lowest BCUT2D eigenvalue weighted by atomic mass is 9.82. The van der Waals surface area contributed by atoms with E-state index in [1.54, 1.807) is 20.8 Å². The molecule has 0 radical (unpaired) electrons. The summed E-state index contributed by atoms with van der Waals surface area (Å²) < 4.78 is 34.1. The summed E-state index contributed by atoms with van der Waals surface area (Å²) in [5, 5.41) is 13.9. The van der Waals surface area contributed by atoms with E-state index in [9.17, 15) is 23.5 Å². The van der Waals surface area contributed by atoms with Gasteiger partial charge in [0.25, 0.3) is 0 Å². The van der Waals surface area contributed by atoms with E-state index in [1.807, 2.05) is 6.07 Å². The molecule has 2 aromatic carbocycles. The molecule has 0 aromatic heterocycles. The molecular formula is C28H35BrF2N2O4. The molecule has 3 atom stereocenters. The lowest BCUT2D eigenvalue weighted by Crippen LogP contribution is -2.51. The number of aliphatic hydroxyl groups is 1. The molecule has 0 fully saturated rings. The maximum absolute atomic E-state index is 13.8. The number of benzene rings is 2. The van der Waals surface area contributed by atoms with Crippen LogP contribution in [0.5, 0.6) is 0 Å². The van der Waals surface area contributed by atoms with Gasteiger partial charge in [-0.15, -0.1) is 0 Å². The lowest BCUT2D eigenvalue weighted by Gasteiger charge is -2.35. The molecule has 2 N–H and O–H groups in total.